The Morgan fingerprint density at radius 2 is 0.578 bits per heavy atom. The van der Waals surface area contributed by atoms with Gasteiger partial charge in [-0.15, -0.1) is 0 Å². The van der Waals surface area contributed by atoms with Gasteiger partial charge in [0.1, 0.15) is 11.6 Å². The van der Waals surface area contributed by atoms with E-state index in [2.05, 4.69) is 211 Å². The Bertz CT molecular complexity index is 3850. The molecule has 0 aliphatic heterocycles. The van der Waals surface area contributed by atoms with Gasteiger partial charge in [0, 0.05) is 78.5 Å². The van der Waals surface area contributed by atoms with Crippen molar-refractivity contribution in [3.63, 3.8) is 0 Å². The van der Waals surface area contributed by atoms with Crippen LogP contribution in [0.5, 0.6) is 0 Å². The lowest BCUT2D eigenvalue weighted by atomic mass is 10.1. The first kappa shape index (κ1) is 34.9. The van der Waals surface area contributed by atoms with Gasteiger partial charge in [0.25, 0.3) is 0 Å². The summed E-state index contributed by atoms with van der Waals surface area (Å²) in [6.45, 7) is 0. The second-order valence-corrected chi connectivity index (χ2v) is 16.5. The molecule has 0 spiro atoms. The van der Waals surface area contributed by atoms with Crippen molar-refractivity contribution < 1.29 is 0 Å². The van der Waals surface area contributed by atoms with Crippen molar-refractivity contribution in [2.75, 3.05) is 0 Å². The van der Waals surface area contributed by atoms with Crippen molar-refractivity contribution in [2.45, 2.75) is 0 Å². The molecule has 0 unspecified atom stereocenters. The van der Waals surface area contributed by atoms with Crippen LogP contribution in [0, 0.1) is 0 Å². The number of benzene rings is 8. The van der Waals surface area contributed by atoms with Crippen molar-refractivity contribution in [2.24, 2.45) is 0 Å². The number of nitrogens with zero attached hydrogens (tertiary/aromatic N) is 7. The van der Waals surface area contributed by atoms with Crippen molar-refractivity contribution in [3.05, 3.63) is 213 Å². The van der Waals surface area contributed by atoms with Crippen LogP contribution in [0.1, 0.15) is 0 Å². The molecule has 0 aliphatic rings. The predicted molar refractivity (Wildman–Crippen MR) is 263 cm³/mol. The second-order valence-electron chi connectivity index (χ2n) is 16.5. The fraction of sp³-hybridized carbons (Fsp3) is 0. The molecule has 0 saturated carbocycles. The van der Waals surface area contributed by atoms with Gasteiger partial charge < -0.3 is 9.13 Å². The zero-order chi connectivity index (χ0) is 41.9. The summed E-state index contributed by atoms with van der Waals surface area (Å²) in [5.41, 5.74) is 12.1. The zero-order valence-corrected chi connectivity index (χ0v) is 34.3. The number of hydrogen-bond donors (Lipinski definition) is 0. The van der Waals surface area contributed by atoms with Crippen LogP contribution < -0.4 is 0 Å². The summed E-state index contributed by atoms with van der Waals surface area (Å²) >= 11 is 0. The molecular weight excluding hydrogens is 783 g/mol. The van der Waals surface area contributed by atoms with E-state index >= 15 is 0 Å². The first-order chi connectivity index (χ1) is 31.8. The monoisotopic (exact) mass is 817 g/mol. The van der Waals surface area contributed by atoms with Crippen LogP contribution in [0.3, 0.4) is 0 Å². The van der Waals surface area contributed by atoms with Crippen LogP contribution >= 0.6 is 0 Å². The molecule has 0 atom stereocenters. The Morgan fingerprint density at radius 1 is 0.266 bits per heavy atom. The molecule has 0 bridgehead atoms. The molecule has 0 fully saturated rings. The van der Waals surface area contributed by atoms with E-state index in [1.54, 1.807) is 12.4 Å². The Labute approximate surface area is 366 Å². The zero-order valence-electron chi connectivity index (χ0n) is 34.3. The molecule has 64 heavy (non-hydrogen) atoms. The molecule has 0 saturated heterocycles. The van der Waals surface area contributed by atoms with E-state index < -0.39 is 0 Å². The van der Waals surface area contributed by atoms with Gasteiger partial charge in [-0.05, 0) is 84.9 Å². The SMILES string of the molecule is c1ccc2c(c1)c1ccccc1n2-c1ccc2c(c1)c1ccccc1n2-c1cc(-n2c3ccccc3c3cc(-n4c5ccccc5c5ccccc54)ccc32)nc(-c2ccncc2)n1. The lowest BCUT2D eigenvalue weighted by Crippen LogP contribution is -2.06. The Balaban J connectivity index is 1.01. The highest BCUT2D eigenvalue weighted by atomic mass is 15.1. The van der Waals surface area contributed by atoms with Crippen LogP contribution in [-0.4, -0.2) is 33.2 Å². The summed E-state index contributed by atoms with van der Waals surface area (Å²) in [5.74, 6) is 2.18. The third-order valence-corrected chi connectivity index (χ3v) is 13.1. The first-order valence-corrected chi connectivity index (χ1v) is 21.6. The van der Waals surface area contributed by atoms with Crippen LogP contribution in [0.25, 0.3) is 122 Å². The summed E-state index contributed by atoms with van der Waals surface area (Å²) < 4.78 is 9.36. The van der Waals surface area contributed by atoms with E-state index in [-0.39, 0.29) is 0 Å². The summed E-state index contributed by atoms with van der Waals surface area (Å²) in [6, 6.07) is 71.7. The number of pyridine rings is 1. The van der Waals surface area contributed by atoms with Crippen LogP contribution in [-0.2, 0) is 0 Å². The number of para-hydroxylation sites is 6. The fourth-order valence-corrected chi connectivity index (χ4v) is 10.4. The van der Waals surface area contributed by atoms with Crippen molar-refractivity contribution in [1.29, 1.82) is 0 Å². The quantitative estimate of drug-likeness (QED) is 0.174. The van der Waals surface area contributed by atoms with E-state index in [1.165, 1.54) is 43.6 Å². The minimum absolute atomic E-state index is 0.621. The second kappa shape index (κ2) is 13.3. The van der Waals surface area contributed by atoms with Gasteiger partial charge in [-0.25, -0.2) is 9.97 Å². The average Bonchev–Trinajstić information content (AvgIpc) is 4.09. The molecule has 298 valence electrons. The summed E-state index contributed by atoms with van der Waals surface area (Å²) in [6.07, 6.45) is 3.61. The van der Waals surface area contributed by atoms with Crippen LogP contribution in [0.4, 0.5) is 0 Å². The molecule has 0 N–H and O–H groups in total. The van der Waals surface area contributed by atoms with E-state index in [1.807, 2.05) is 12.1 Å². The normalized spacial score (nSPS) is 12.1. The largest absolute Gasteiger partial charge is 0.309 e. The van der Waals surface area contributed by atoms with Gasteiger partial charge in [0.05, 0.1) is 44.1 Å². The molecule has 6 aromatic heterocycles. The van der Waals surface area contributed by atoms with Gasteiger partial charge in [-0.1, -0.05) is 109 Å². The minimum Gasteiger partial charge on any atom is -0.309 e. The third-order valence-electron chi connectivity index (χ3n) is 13.1. The summed E-state index contributed by atoms with van der Waals surface area (Å²) in [5, 5.41) is 9.57. The maximum atomic E-state index is 5.38. The first-order valence-electron chi connectivity index (χ1n) is 21.6. The highest BCUT2D eigenvalue weighted by molar-refractivity contribution is 6.14. The van der Waals surface area contributed by atoms with Crippen LogP contribution in [0.15, 0.2) is 213 Å². The fourth-order valence-electron chi connectivity index (χ4n) is 10.4. The summed E-state index contributed by atoms with van der Waals surface area (Å²) in [7, 11) is 0. The maximum Gasteiger partial charge on any atom is 0.164 e. The predicted octanol–water partition coefficient (Wildman–Crippen LogP) is 13.9. The molecule has 7 nitrogen and oxygen atoms in total. The number of rotatable bonds is 5. The van der Waals surface area contributed by atoms with Crippen molar-refractivity contribution >= 4 is 87.2 Å². The molecule has 0 aliphatic carbocycles. The van der Waals surface area contributed by atoms with E-state index in [0.717, 1.165) is 72.2 Å². The minimum atomic E-state index is 0.621. The van der Waals surface area contributed by atoms with Gasteiger partial charge in [-0.3, -0.25) is 14.1 Å². The Kier molecular flexibility index (Phi) is 7.27. The maximum absolute atomic E-state index is 5.38. The van der Waals surface area contributed by atoms with E-state index in [0.29, 0.717) is 5.82 Å². The molecule has 14 rings (SSSR count). The molecule has 0 radical (unpaired) electrons. The van der Waals surface area contributed by atoms with Gasteiger partial charge in [-0.2, -0.15) is 0 Å². The molecule has 8 aromatic carbocycles. The number of hydrogen-bond acceptors (Lipinski definition) is 3. The number of aromatic nitrogens is 7. The average molecular weight is 818 g/mol. The number of fused-ring (bicyclic) bond motifs is 12. The molecule has 6 heterocycles. The molecular formula is C57H35N7. The van der Waals surface area contributed by atoms with Gasteiger partial charge in [0.2, 0.25) is 0 Å². The lowest BCUT2D eigenvalue weighted by molar-refractivity contribution is 0.993. The van der Waals surface area contributed by atoms with Gasteiger partial charge in [0.15, 0.2) is 5.82 Å². The van der Waals surface area contributed by atoms with E-state index in [9.17, 15) is 0 Å². The molecule has 0 amide bonds. The Morgan fingerprint density at radius 3 is 0.953 bits per heavy atom. The highest BCUT2D eigenvalue weighted by Crippen LogP contribution is 2.40. The third kappa shape index (κ3) is 4.94. The lowest BCUT2D eigenvalue weighted by Gasteiger charge is -2.14. The highest BCUT2D eigenvalue weighted by Gasteiger charge is 2.22. The molecule has 14 aromatic rings. The standard InChI is InChI=1S/C57H35N7/c1-7-19-47-39(13-1)40-14-2-8-20-48(40)61(47)37-25-27-53-45(33-37)43-17-5-11-23-51(43)63(53)55-35-56(60-57(59-55)36-29-31-58-32-30-36)64-52-24-12-6-18-44(52)46-34-38(26-28-54(46)64)62-49-21-9-3-15-41(49)42-16-4-10-22-50(42)62/h1-35H. The Hall–Kier alpha value is -8.81. The van der Waals surface area contributed by atoms with Gasteiger partial charge >= 0.3 is 0 Å². The topological polar surface area (TPSA) is 58.4 Å². The van der Waals surface area contributed by atoms with Crippen molar-refractivity contribution in [3.8, 4) is 34.4 Å². The van der Waals surface area contributed by atoms with Crippen molar-refractivity contribution in [1.82, 2.24) is 33.2 Å². The van der Waals surface area contributed by atoms with E-state index in [4.69, 9.17) is 9.97 Å². The molecule has 7 heteroatoms. The smallest absolute Gasteiger partial charge is 0.164 e. The summed E-state index contributed by atoms with van der Waals surface area (Å²) in [4.78, 5) is 15.1. The van der Waals surface area contributed by atoms with Crippen LogP contribution in [0.2, 0.25) is 0 Å².